The van der Waals surface area contributed by atoms with E-state index in [1.54, 1.807) is 9.80 Å². The van der Waals surface area contributed by atoms with Gasteiger partial charge >= 0.3 is 12.2 Å². The standard InChI is InChI=1S/2C12H21NO3/c2*1-12(2,3)16-11(15)13-7-8-4-9(13)6-10(14)5-8/h2*8-10,14H,4-7H2,1-3H3/t2*8-,9+,10-/m10/s1. The van der Waals surface area contributed by atoms with E-state index >= 15 is 0 Å². The number of nitrogens with zero attached hydrogens (tertiary/aromatic N) is 2. The number of carbonyl (C=O) groups is 2. The predicted octanol–water partition coefficient (Wildman–Crippen LogP) is 3.53. The molecule has 2 aliphatic carbocycles. The SMILES string of the molecule is CC(C)(C)OC(=O)N1C[C@@H]2C[C@H](O)C[C@H]1C2.CC(C)(C)OC(=O)N1C[C@H]2C[C@@H](O)C[C@@H]1C2. The van der Waals surface area contributed by atoms with Crippen molar-refractivity contribution in [3.05, 3.63) is 0 Å². The average Bonchev–Trinajstić information content (AvgIpc) is 3.07. The third-order valence-electron chi connectivity index (χ3n) is 6.56. The van der Waals surface area contributed by atoms with Crippen molar-refractivity contribution in [2.75, 3.05) is 13.1 Å². The van der Waals surface area contributed by atoms with E-state index in [2.05, 4.69) is 0 Å². The summed E-state index contributed by atoms with van der Waals surface area (Å²) in [6.45, 7) is 12.8. The molecule has 0 aromatic heterocycles. The van der Waals surface area contributed by atoms with E-state index in [0.29, 0.717) is 24.7 Å². The van der Waals surface area contributed by atoms with Gasteiger partial charge in [0.2, 0.25) is 0 Å². The molecular formula is C24H42N2O6. The van der Waals surface area contributed by atoms with Gasteiger partial charge in [-0.25, -0.2) is 9.59 Å². The number of rotatable bonds is 0. The van der Waals surface area contributed by atoms with Gasteiger partial charge in [-0.05, 0) is 91.9 Å². The van der Waals surface area contributed by atoms with Crippen molar-refractivity contribution in [2.45, 2.75) is 116 Å². The van der Waals surface area contributed by atoms with Crippen molar-refractivity contribution in [1.82, 2.24) is 9.80 Å². The minimum absolute atomic E-state index is 0.184. The highest BCUT2D eigenvalue weighted by molar-refractivity contribution is 5.69. The maximum atomic E-state index is 11.9. The largest absolute Gasteiger partial charge is 0.444 e. The first-order valence-electron chi connectivity index (χ1n) is 12.1. The van der Waals surface area contributed by atoms with Crippen LogP contribution in [0.3, 0.4) is 0 Å². The number of amides is 2. The fourth-order valence-electron chi connectivity index (χ4n) is 5.49. The topological polar surface area (TPSA) is 99.5 Å². The number of ether oxygens (including phenoxy) is 2. The van der Waals surface area contributed by atoms with Gasteiger partial charge < -0.3 is 29.5 Å². The lowest BCUT2D eigenvalue weighted by Gasteiger charge is -2.29. The number of aliphatic hydroxyl groups is 2. The number of aliphatic hydroxyl groups excluding tert-OH is 2. The number of carbonyl (C=O) groups excluding carboxylic acids is 2. The third-order valence-corrected chi connectivity index (χ3v) is 6.56. The lowest BCUT2D eigenvalue weighted by atomic mass is 9.88. The van der Waals surface area contributed by atoms with Crippen LogP contribution in [0.4, 0.5) is 9.59 Å². The van der Waals surface area contributed by atoms with Gasteiger partial charge in [-0.1, -0.05) is 0 Å². The van der Waals surface area contributed by atoms with Gasteiger partial charge in [-0.15, -0.1) is 0 Å². The summed E-state index contributed by atoms with van der Waals surface area (Å²) < 4.78 is 10.7. The van der Waals surface area contributed by atoms with Crippen LogP contribution in [0.1, 0.15) is 80.1 Å². The maximum absolute atomic E-state index is 11.9. The predicted molar refractivity (Wildman–Crippen MR) is 120 cm³/mol. The first-order valence-corrected chi connectivity index (χ1v) is 12.1. The molecule has 0 radical (unpaired) electrons. The molecule has 184 valence electrons. The zero-order valence-corrected chi connectivity index (χ0v) is 20.5. The highest BCUT2D eigenvalue weighted by Gasteiger charge is 2.43. The Balaban J connectivity index is 0.000000181. The molecule has 2 aliphatic heterocycles. The van der Waals surface area contributed by atoms with E-state index < -0.39 is 11.2 Å². The molecule has 4 fully saturated rings. The monoisotopic (exact) mass is 454 g/mol. The van der Waals surface area contributed by atoms with Crippen molar-refractivity contribution >= 4 is 12.2 Å². The number of hydrogen-bond donors (Lipinski definition) is 2. The Bertz CT molecular complexity index is 627. The first-order chi connectivity index (χ1) is 14.7. The van der Waals surface area contributed by atoms with Crippen LogP contribution in [-0.4, -0.2) is 80.8 Å². The zero-order valence-electron chi connectivity index (χ0n) is 20.5. The molecular weight excluding hydrogens is 412 g/mol. The van der Waals surface area contributed by atoms with Crippen LogP contribution in [0.15, 0.2) is 0 Å². The van der Waals surface area contributed by atoms with Crippen molar-refractivity contribution < 1.29 is 29.3 Å². The van der Waals surface area contributed by atoms with Crippen molar-refractivity contribution in [3.63, 3.8) is 0 Å². The fourth-order valence-corrected chi connectivity index (χ4v) is 5.49. The first kappa shape index (κ1) is 25.1. The summed E-state index contributed by atoms with van der Waals surface area (Å²) in [6, 6.07) is 0.368. The van der Waals surface area contributed by atoms with Crippen LogP contribution in [0.5, 0.6) is 0 Å². The average molecular weight is 455 g/mol. The molecule has 2 heterocycles. The van der Waals surface area contributed by atoms with Gasteiger partial charge in [0.15, 0.2) is 0 Å². The molecule has 32 heavy (non-hydrogen) atoms. The summed E-state index contributed by atoms with van der Waals surface area (Å²) in [4.78, 5) is 27.5. The van der Waals surface area contributed by atoms with E-state index in [9.17, 15) is 19.8 Å². The van der Waals surface area contributed by atoms with Crippen LogP contribution in [-0.2, 0) is 9.47 Å². The molecule has 0 unspecified atom stereocenters. The molecule has 8 heteroatoms. The Morgan fingerprint density at radius 1 is 0.656 bits per heavy atom. The molecule has 0 aromatic rings. The minimum atomic E-state index is -0.438. The fraction of sp³-hybridized carbons (Fsp3) is 0.917. The zero-order chi connectivity index (χ0) is 23.8. The van der Waals surface area contributed by atoms with Crippen LogP contribution in [0.25, 0.3) is 0 Å². The van der Waals surface area contributed by atoms with E-state index in [1.165, 1.54) is 0 Å². The van der Waals surface area contributed by atoms with Crippen molar-refractivity contribution in [2.24, 2.45) is 11.8 Å². The molecule has 2 saturated carbocycles. The Kier molecular flexibility index (Phi) is 7.35. The van der Waals surface area contributed by atoms with Gasteiger partial charge in [0, 0.05) is 25.2 Å². The molecule has 0 spiro atoms. The van der Waals surface area contributed by atoms with Gasteiger partial charge in [-0.2, -0.15) is 0 Å². The summed E-state index contributed by atoms with van der Waals surface area (Å²) in [6.07, 6.45) is 4.18. The van der Waals surface area contributed by atoms with Gasteiger partial charge in [0.05, 0.1) is 12.2 Å². The van der Waals surface area contributed by atoms with Gasteiger partial charge in [-0.3, -0.25) is 0 Å². The minimum Gasteiger partial charge on any atom is -0.444 e. The molecule has 6 atom stereocenters. The number of hydrogen-bond acceptors (Lipinski definition) is 6. The second-order valence-electron chi connectivity index (χ2n) is 12.0. The van der Waals surface area contributed by atoms with E-state index in [1.807, 2.05) is 41.5 Å². The summed E-state index contributed by atoms with van der Waals surface area (Å²) in [7, 11) is 0. The molecule has 2 N–H and O–H groups in total. The van der Waals surface area contributed by atoms with Crippen molar-refractivity contribution in [1.29, 1.82) is 0 Å². The molecule has 4 bridgehead atoms. The van der Waals surface area contributed by atoms with Gasteiger partial charge in [0.25, 0.3) is 0 Å². The van der Waals surface area contributed by atoms with Crippen LogP contribution in [0.2, 0.25) is 0 Å². The third kappa shape index (κ3) is 6.73. The Labute approximate surface area is 192 Å². The molecule has 2 amide bonds. The second kappa shape index (κ2) is 9.37. The molecule has 8 nitrogen and oxygen atoms in total. The summed E-state index contributed by atoms with van der Waals surface area (Å²) >= 11 is 0. The Hall–Kier alpha value is -1.54. The van der Waals surface area contributed by atoms with E-state index in [-0.39, 0.29) is 36.5 Å². The second-order valence-corrected chi connectivity index (χ2v) is 12.0. The maximum Gasteiger partial charge on any atom is 0.410 e. The molecule has 4 rings (SSSR count). The van der Waals surface area contributed by atoms with Crippen LogP contribution in [0, 0.1) is 11.8 Å². The number of fused-ring (bicyclic) bond motifs is 4. The van der Waals surface area contributed by atoms with Crippen molar-refractivity contribution in [3.8, 4) is 0 Å². The highest BCUT2D eigenvalue weighted by Crippen LogP contribution is 2.37. The Morgan fingerprint density at radius 2 is 1.00 bits per heavy atom. The van der Waals surface area contributed by atoms with E-state index in [0.717, 1.165) is 38.8 Å². The Morgan fingerprint density at radius 3 is 1.31 bits per heavy atom. The quantitative estimate of drug-likeness (QED) is 0.581. The smallest absolute Gasteiger partial charge is 0.410 e. The summed E-state index contributed by atoms with van der Waals surface area (Å²) in [5.41, 5.74) is -0.876. The normalized spacial score (nSPS) is 34.0. The lowest BCUT2D eigenvalue weighted by Crippen LogP contribution is -2.40. The highest BCUT2D eigenvalue weighted by atomic mass is 16.6. The summed E-state index contributed by atoms with van der Waals surface area (Å²) in [5.74, 6) is 0.919. The molecule has 0 aromatic carbocycles. The lowest BCUT2D eigenvalue weighted by molar-refractivity contribution is 0.0181. The van der Waals surface area contributed by atoms with Crippen LogP contribution < -0.4 is 0 Å². The van der Waals surface area contributed by atoms with Gasteiger partial charge in [0.1, 0.15) is 11.2 Å². The van der Waals surface area contributed by atoms with E-state index in [4.69, 9.17) is 9.47 Å². The molecule has 4 aliphatic rings. The summed E-state index contributed by atoms with van der Waals surface area (Å²) in [5, 5.41) is 19.3. The molecule has 2 saturated heterocycles. The van der Waals surface area contributed by atoms with Crippen LogP contribution >= 0.6 is 0 Å². The number of likely N-dealkylation sites (tertiary alicyclic amines) is 2.